The second-order valence-corrected chi connectivity index (χ2v) is 8.94. The van der Waals surface area contributed by atoms with Gasteiger partial charge >= 0.3 is 0 Å². The number of methoxy groups -OCH3 is 1. The van der Waals surface area contributed by atoms with Gasteiger partial charge in [0.15, 0.2) is 5.65 Å². The number of ether oxygens (including phenoxy) is 1. The molecule has 190 valence electrons. The fourth-order valence-electron chi connectivity index (χ4n) is 4.29. The van der Waals surface area contributed by atoms with Crippen molar-refractivity contribution in [2.75, 3.05) is 12.8 Å². The number of imidazole rings is 1. The van der Waals surface area contributed by atoms with E-state index in [9.17, 15) is 0 Å². The molecular formula is C31H35N5O. The minimum Gasteiger partial charge on any atom is -0.496 e. The van der Waals surface area contributed by atoms with Crippen LogP contribution in [-0.2, 0) is 19.4 Å². The molecule has 6 nitrogen and oxygen atoms in total. The normalized spacial score (nSPS) is 10.7. The number of aromatic nitrogens is 4. The van der Waals surface area contributed by atoms with Crippen LogP contribution in [0.25, 0.3) is 22.3 Å². The second kappa shape index (κ2) is 11.7. The Hall–Kier alpha value is -4.19. The summed E-state index contributed by atoms with van der Waals surface area (Å²) < 4.78 is 7.66. The number of hydrogen-bond acceptors (Lipinski definition) is 5. The van der Waals surface area contributed by atoms with Gasteiger partial charge in [-0.3, -0.25) is 9.55 Å². The van der Waals surface area contributed by atoms with Crippen LogP contribution in [0.4, 0.5) is 5.95 Å². The lowest BCUT2D eigenvalue weighted by Crippen LogP contribution is -2.06. The van der Waals surface area contributed by atoms with Crippen molar-refractivity contribution < 1.29 is 4.74 Å². The third-order valence-corrected chi connectivity index (χ3v) is 6.35. The predicted molar refractivity (Wildman–Crippen MR) is 152 cm³/mol. The van der Waals surface area contributed by atoms with Gasteiger partial charge in [-0.05, 0) is 67.1 Å². The zero-order chi connectivity index (χ0) is 26.4. The number of anilines is 1. The fourth-order valence-corrected chi connectivity index (χ4v) is 4.29. The van der Waals surface area contributed by atoms with Crippen LogP contribution in [0.3, 0.4) is 0 Å². The molecule has 6 heteroatoms. The number of rotatable bonds is 7. The SMILES string of the molecule is CC.COc1cc(Cn2c(N)nc3cc(-c4ccc(C)cc4)cnc32)ccc1CCc1ccc(C)nc1. The van der Waals surface area contributed by atoms with Crippen molar-refractivity contribution in [2.24, 2.45) is 0 Å². The number of hydrogen-bond donors (Lipinski definition) is 1. The molecule has 37 heavy (non-hydrogen) atoms. The van der Waals surface area contributed by atoms with Crippen molar-refractivity contribution in [1.29, 1.82) is 0 Å². The predicted octanol–water partition coefficient (Wildman–Crippen LogP) is 6.56. The molecule has 2 N–H and O–H groups in total. The van der Waals surface area contributed by atoms with Crippen molar-refractivity contribution >= 4 is 17.1 Å². The first-order valence-electron chi connectivity index (χ1n) is 12.8. The van der Waals surface area contributed by atoms with Crippen molar-refractivity contribution in [1.82, 2.24) is 19.5 Å². The molecule has 0 bridgehead atoms. The van der Waals surface area contributed by atoms with Gasteiger partial charge in [0.25, 0.3) is 0 Å². The molecular weight excluding hydrogens is 458 g/mol. The van der Waals surface area contributed by atoms with E-state index >= 15 is 0 Å². The van der Waals surface area contributed by atoms with Crippen molar-refractivity contribution in [3.8, 4) is 16.9 Å². The van der Waals surface area contributed by atoms with Crippen LogP contribution in [0, 0.1) is 13.8 Å². The van der Waals surface area contributed by atoms with E-state index in [1.165, 1.54) is 16.7 Å². The Morgan fingerprint density at radius 1 is 0.811 bits per heavy atom. The first-order valence-corrected chi connectivity index (χ1v) is 12.8. The molecule has 0 amide bonds. The molecule has 0 fully saturated rings. The number of nitrogens with two attached hydrogens (primary N) is 1. The van der Waals surface area contributed by atoms with Crippen LogP contribution in [0.5, 0.6) is 5.75 Å². The maximum atomic E-state index is 6.31. The summed E-state index contributed by atoms with van der Waals surface area (Å²) in [4.78, 5) is 13.7. The average molecular weight is 494 g/mol. The quantitative estimate of drug-likeness (QED) is 0.278. The molecule has 0 spiro atoms. The van der Waals surface area contributed by atoms with Gasteiger partial charge in [0.05, 0.1) is 13.7 Å². The summed E-state index contributed by atoms with van der Waals surface area (Å²) >= 11 is 0. The molecule has 5 aromatic rings. The van der Waals surface area contributed by atoms with Crippen LogP contribution in [0.1, 0.15) is 41.8 Å². The van der Waals surface area contributed by atoms with Gasteiger partial charge in [-0.2, -0.15) is 0 Å². The zero-order valence-electron chi connectivity index (χ0n) is 22.3. The lowest BCUT2D eigenvalue weighted by molar-refractivity contribution is 0.409. The van der Waals surface area contributed by atoms with E-state index in [4.69, 9.17) is 15.5 Å². The Kier molecular flexibility index (Phi) is 8.18. The number of nitrogens with zero attached hydrogens (tertiary/aromatic N) is 4. The topological polar surface area (TPSA) is 78.9 Å². The van der Waals surface area contributed by atoms with Crippen LogP contribution in [0.15, 0.2) is 73.1 Å². The van der Waals surface area contributed by atoms with Gasteiger partial charge in [0, 0.05) is 23.7 Å². The summed E-state index contributed by atoms with van der Waals surface area (Å²) in [5, 5.41) is 0. The molecule has 0 saturated heterocycles. The van der Waals surface area contributed by atoms with Gasteiger partial charge in [0.2, 0.25) is 5.95 Å². The molecule has 0 atom stereocenters. The van der Waals surface area contributed by atoms with Crippen LogP contribution in [0.2, 0.25) is 0 Å². The summed E-state index contributed by atoms with van der Waals surface area (Å²) in [6.07, 6.45) is 5.62. The Labute approximate surface area is 219 Å². The largest absolute Gasteiger partial charge is 0.496 e. The molecule has 3 heterocycles. The number of nitrogen functional groups attached to an aromatic ring is 1. The van der Waals surface area contributed by atoms with E-state index in [2.05, 4.69) is 65.4 Å². The van der Waals surface area contributed by atoms with E-state index in [-0.39, 0.29) is 0 Å². The van der Waals surface area contributed by atoms with Crippen LogP contribution in [-0.4, -0.2) is 26.6 Å². The summed E-state index contributed by atoms with van der Waals surface area (Å²) in [7, 11) is 1.71. The molecule has 0 aliphatic heterocycles. The smallest absolute Gasteiger partial charge is 0.202 e. The number of aryl methyl sites for hydroxylation is 4. The molecule has 3 aromatic heterocycles. The Morgan fingerprint density at radius 3 is 2.27 bits per heavy atom. The van der Waals surface area contributed by atoms with E-state index in [0.717, 1.165) is 52.1 Å². The maximum Gasteiger partial charge on any atom is 0.202 e. The van der Waals surface area contributed by atoms with Gasteiger partial charge in [-0.25, -0.2) is 9.97 Å². The highest BCUT2D eigenvalue weighted by molar-refractivity contribution is 5.80. The molecule has 0 saturated carbocycles. The van der Waals surface area contributed by atoms with E-state index in [0.29, 0.717) is 12.5 Å². The minimum absolute atomic E-state index is 0.448. The number of pyridine rings is 2. The Morgan fingerprint density at radius 2 is 1.57 bits per heavy atom. The highest BCUT2D eigenvalue weighted by Gasteiger charge is 2.13. The lowest BCUT2D eigenvalue weighted by Gasteiger charge is -2.12. The highest BCUT2D eigenvalue weighted by atomic mass is 16.5. The van der Waals surface area contributed by atoms with Crippen LogP contribution >= 0.6 is 0 Å². The zero-order valence-corrected chi connectivity index (χ0v) is 22.3. The van der Waals surface area contributed by atoms with Crippen molar-refractivity contribution in [3.05, 3.63) is 101 Å². The minimum atomic E-state index is 0.448. The lowest BCUT2D eigenvalue weighted by atomic mass is 10.0. The molecule has 0 unspecified atom stereocenters. The molecule has 0 radical (unpaired) electrons. The van der Waals surface area contributed by atoms with E-state index in [1.807, 2.05) is 49.9 Å². The number of benzene rings is 2. The Bertz CT molecular complexity index is 1470. The van der Waals surface area contributed by atoms with Crippen molar-refractivity contribution in [2.45, 2.75) is 47.1 Å². The fraction of sp³-hybridized carbons (Fsp3) is 0.258. The maximum absolute atomic E-state index is 6.31. The molecule has 0 aliphatic carbocycles. The van der Waals surface area contributed by atoms with Gasteiger partial charge < -0.3 is 10.5 Å². The summed E-state index contributed by atoms with van der Waals surface area (Å²) in [6, 6.07) is 21.0. The third-order valence-electron chi connectivity index (χ3n) is 6.35. The Balaban J connectivity index is 0.00000156. The highest BCUT2D eigenvalue weighted by Crippen LogP contribution is 2.27. The second-order valence-electron chi connectivity index (χ2n) is 8.94. The summed E-state index contributed by atoms with van der Waals surface area (Å²) in [6.45, 7) is 8.65. The van der Waals surface area contributed by atoms with Crippen LogP contribution < -0.4 is 10.5 Å². The molecule has 0 aliphatic rings. The standard InChI is InChI=1S/C29H29N5O.C2H6/c1-19-4-10-23(11-5-19)25-15-26-28(32-17-25)34(29(30)33-26)18-22-9-13-24(27(14-22)35-3)12-8-21-7-6-20(2)31-16-21;1-2/h4-7,9-11,13-17H,8,12,18H2,1-3H3,(H2,30,33);1-2H3. The first-order chi connectivity index (χ1) is 18.0. The molecule has 2 aromatic carbocycles. The monoisotopic (exact) mass is 493 g/mol. The summed E-state index contributed by atoms with van der Waals surface area (Å²) in [5.74, 6) is 1.32. The van der Waals surface area contributed by atoms with Crippen molar-refractivity contribution in [3.63, 3.8) is 0 Å². The van der Waals surface area contributed by atoms with Gasteiger partial charge in [-0.15, -0.1) is 0 Å². The van der Waals surface area contributed by atoms with Gasteiger partial charge in [0.1, 0.15) is 11.3 Å². The third kappa shape index (κ3) is 5.97. The average Bonchev–Trinajstić information content (AvgIpc) is 3.24. The number of fused-ring (bicyclic) bond motifs is 1. The first kappa shape index (κ1) is 25.9. The van der Waals surface area contributed by atoms with E-state index < -0.39 is 0 Å². The van der Waals surface area contributed by atoms with Gasteiger partial charge in [-0.1, -0.05) is 61.9 Å². The summed E-state index contributed by atoms with van der Waals surface area (Å²) in [5.41, 5.74) is 15.7. The molecule has 5 rings (SSSR count). The van der Waals surface area contributed by atoms with E-state index in [1.54, 1.807) is 7.11 Å².